The Morgan fingerprint density at radius 2 is 0.560 bits per heavy atom. The number of unbranched alkanes of at least 4 members (excludes halogenated alkanes) is 15. The van der Waals surface area contributed by atoms with Gasteiger partial charge in [0.2, 0.25) is 0 Å². The summed E-state index contributed by atoms with van der Waals surface area (Å²) in [6.45, 7) is 6.98. The normalized spacial score (nSPS) is 11.2. The molecule has 0 saturated carbocycles. The van der Waals surface area contributed by atoms with Gasteiger partial charge in [-0.25, -0.2) is 0 Å². The molecule has 0 saturated heterocycles. The van der Waals surface area contributed by atoms with Crippen LogP contribution < -0.4 is 0 Å². The van der Waals surface area contributed by atoms with Gasteiger partial charge in [-0.3, -0.25) is 0 Å². The summed E-state index contributed by atoms with van der Waals surface area (Å²) in [5, 5.41) is 4.98. The van der Waals surface area contributed by atoms with Crippen LogP contribution in [0.1, 0.15) is 136 Å². The van der Waals surface area contributed by atoms with Gasteiger partial charge in [0, 0.05) is 0 Å². The summed E-state index contributed by atoms with van der Waals surface area (Å²) in [6, 6.07) is 0. The summed E-state index contributed by atoms with van der Waals surface area (Å²) in [5.41, 5.74) is 0. The first kappa shape index (κ1) is 25.5. The van der Waals surface area contributed by atoms with Gasteiger partial charge in [0.05, 0.1) is 0 Å². The first-order chi connectivity index (χ1) is 12.3. The van der Waals surface area contributed by atoms with Crippen molar-refractivity contribution in [3.8, 4) is 0 Å². The quantitative estimate of drug-likeness (QED) is 0.140. The Kier molecular flexibility index (Phi) is 23.1. The molecule has 0 aliphatic carbocycles. The third-order valence-corrected chi connectivity index (χ3v) is 9.57. The highest BCUT2D eigenvalue weighted by Gasteiger charge is 2.15. The SMILES string of the molecule is CCCCCCCCC[CH2][Al]([CH2]CCCCC)[CH2]CCCCCCC. The zero-order chi connectivity index (χ0) is 18.4. The standard InChI is InChI=1S/C10H21.C8H17.C6H13.Al/c1-3-5-7-9-10-8-6-4-2;1-3-5-7-8-6-4-2;1-3-5-6-4-2;/h1,3-10H2,2H3;1,3-8H2,2H3;1,3-6H2,2H3;. The Labute approximate surface area is 166 Å². The van der Waals surface area contributed by atoms with Crippen molar-refractivity contribution in [1.82, 2.24) is 0 Å². The maximum absolute atomic E-state index is 2.34. The topological polar surface area (TPSA) is 0 Å². The molecule has 0 radical (unpaired) electrons. The lowest BCUT2D eigenvalue weighted by Gasteiger charge is -2.12. The molecular weight excluding hydrogens is 315 g/mol. The summed E-state index contributed by atoms with van der Waals surface area (Å²) in [6.07, 6.45) is 26.7. The molecule has 1 heteroatoms. The summed E-state index contributed by atoms with van der Waals surface area (Å²) < 4.78 is 0. The van der Waals surface area contributed by atoms with Crippen molar-refractivity contribution in [2.75, 3.05) is 0 Å². The van der Waals surface area contributed by atoms with Gasteiger partial charge in [-0.05, 0) is 0 Å². The van der Waals surface area contributed by atoms with Gasteiger partial charge in [-0.1, -0.05) is 152 Å². The molecule has 0 aliphatic rings. The monoisotopic (exact) mass is 366 g/mol. The van der Waals surface area contributed by atoms with Gasteiger partial charge in [-0.2, -0.15) is 0 Å². The third kappa shape index (κ3) is 20.7. The smallest absolute Gasteiger partial charge is 0.0939 e. The molecule has 150 valence electrons. The molecule has 25 heavy (non-hydrogen) atoms. The van der Waals surface area contributed by atoms with Gasteiger partial charge in [0.15, 0.2) is 0 Å². The second kappa shape index (κ2) is 22.6. The highest BCUT2D eigenvalue weighted by atomic mass is 27.2. The van der Waals surface area contributed by atoms with Crippen LogP contribution >= 0.6 is 0 Å². The first-order valence-electron chi connectivity index (χ1n) is 12.3. The van der Waals surface area contributed by atoms with E-state index in [4.69, 9.17) is 0 Å². The van der Waals surface area contributed by atoms with Gasteiger partial charge in [0.1, 0.15) is 0 Å². The molecule has 0 aromatic carbocycles. The predicted molar refractivity (Wildman–Crippen MR) is 120 cm³/mol. The molecule has 0 N–H and O–H groups in total. The van der Waals surface area contributed by atoms with Crippen molar-refractivity contribution in [3.63, 3.8) is 0 Å². The predicted octanol–water partition coefficient (Wildman–Crippen LogP) is 9.56. The highest BCUT2D eigenvalue weighted by molar-refractivity contribution is 6.58. The van der Waals surface area contributed by atoms with Crippen LogP contribution in [0.25, 0.3) is 0 Å². The molecule has 0 fully saturated rings. The van der Waals surface area contributed by atoms with E-state index >= 15 is 0 Å². The molecule has 0 spiro atoms. The van der Waals surface area contributed by atoms with Gasteiger partial charge in [-0.15, -0.1) is 0 Å². The molecule has 0 aromatic heterocycles. The average Bonchev–Trinajstić information content (AvgIpc) is 2.63. The van der Waals surface area contributed by atoms with Gasteiger partial charge < -0.3 is 0 Å². The summed E-state index contributed by atoms with van der Waals surface area (Å²) in [5.74, 6) is 0. The van der Waals surface area contributed by atoms with E-state index in [-0.39, 0.29) is 0 Å². The van der Waals surface area contributed by atoms with Crippen LogP contribution in [0.2, 0.25) is 15.8 Å². The lowest BCUT2D eigenvalue weighted by molar-refractivity contribution is 0.583. The molecule has 0 rings (SSSR count). The van der Waals surface area contributed by atoms with Crippen LogP contribution in [-0.4, -0.2) is 14.1 Å². The van der Waals surface area contributed by atoms with Crippen molar-refractivity contribution in [2.45, 2.75) is 152 Å². The van der Waals surface area contributed by atoms with E-state index < -0.39 is 14.1 Å². The minimum atomic E-state index is -0.405. The van der Waals surface area contributed by atoms with Crippen LogP contribution in [0.15, 0.2) is 0 Å². The second-order valence-electron chi connectivity index (χ2n) is 8.54. The van der Waals surface area contributed by atoms with Crippen molar-refractivity contribution >= 4 is 14.1 Å². The first-order valence-corrected chi connectivity index (χ1v) is 14.8. The van der Waals surface area contributed by atoms with Crippen LogP contribution in [0.3, 0.4) is 0 Å². The Bertz CT molecular complexity index is 226. The van der Waals surface area contributed by atoms with Crippen molar-refractivity contribution < 1.29 is 0 Å². The van der Waals surface area contributed by atoms with E-state index in [1.54, 1.807) is 35.1 Å². The van der Waals surface area contributed by atoms with Crippen molar-refractivity contribution in [3.05, 3.63) is 0 Å². The van der Waals surface area contributed by atoms with E-state index in [2.05, 4.69) is 20.8 Å². The average molecular weight is 367 g/mol. The lowest BCUT2D eigenvalue weighted by atomic mass is 10.1. The summed E-state index contributed by atoms with van der Waals surface area (Å²) in [4.78, 5) is 0. The summed E-state index contributed by atoms with van der Waals surface area (Å²) >= 11 is -0.405. The molecule has 0 heterocycles. The molecule has 0 aromatic rings. The minimum absolute atomic E-state index is 0.405. The van der Waals surface area contributed by atoms with Crippen LogP contribution in [-0.2, 0) is 0 Å². The largest absolute Gasteiger partial charge is 0.261 e. The number of rotatable bonds is 21. The molecule has 0 nitrogen and oxygen atoms in total. The minimum Gasteiger partial charge on any atom is -0.0939 e. The fourth-order valence-corrected chi connectivity index (χ4v) is 7.54. The zero-order valence-electron chi connectivity index (χ0n) is 18.4. The van der Waals surface area contributed by atoms with E-state index in [9.17, 15) is 0 Å². The second-order valence-corrected chi connectivity index (χ2v) is 12.0. The van der Waals surface area contributed by atoms with E-state index in [0.717, 1.165) is 0 Å². The molecule has 0 amide bonds. The van der Waals surface area contributed by atoms with Crippen molar-refractivity contribution in [2.24, 2.45) is 0 Å². The van der Waals surface area contributed by atoms with Crippen molar-refractivity contribution in [1.29, 1.82) is 0 Å². The Hall–Kier alpha value is 0.532. The van der Waals surface area contributed by atoms with E-state index in [1.807, 2.05) is 0 Å². The molecule has 0 unspecified atom stereocenters. The maximum Gasteiger partial charge on any atom is 0.261 e. The van der Waals surface area contributed by atoms with E-state index in [0.29, 0.717) is 0 Å². The molecule has 0 aliphatic heterocycles. The molecule has 0 bridgehead atoms. The molecule has 0 atom stereocenters. The fraction of sp³-hybridized carbons (Fsp3) is 1.00. The number of hydrogen-bond acceptors (Lipinski definition) is 0. The van der Waals surface area contributed by atoms with Crippen LogP contribution in [0, 0.1) is 0 Å². The third-order valence-electron chi connectivity index (χ3n) is 5.90. The zero-order valence-corrected chi connectivity index (χ0v) is 19.6. The van der Waals surface area contributed by atoms with Crippen LogP contribution in [0.5, 0.6) is 0 Å². The Balaban J connectivity index is 3.69. The Morgan fingerprint density at radius 3 is 0.880 bits per heavy atom. The maximum atomic E-state index is 2.34. The summed E-state index contributed by atoms with van der Waals surface area (Å²) in [7, 11) is 0. The highest BCUT2D eigenvalue weighted by Crippen LogP contribution is 2.20. The lowest BCUT2D eigenvalue weighted by Crippen LogP contribution is -2.12. The van der Waals surface area contributed by atoms with Crippen LogP contribution in [0.4, 0.5) is 0 Å². The van der Waals surface area contributed by atoms with E-state index in [1.165, 1.54) is 96.3 Å². The van der Waals surface area contributed by atoms with Gasteiger partial charge >= 0.3 is 0 Å². The Morgan fingerprint density at radius 1 is 0.320 bits per heavy atom. The molecular formula is C24H51Al. The van der Waals surface area contributed by atoms with Gasteiger partial charge in [0.25, 0.3) is 14.1 Å². The fourth-order valence-electron chi connectivity index (χ4n) is 4.07. The number of hydrogen-bond donors (Lipinski definition) is 0.